The van der Waals surface area contributed by atoms with Crippen LogP contribution < -0.4 is 0 Å². The average molecular weight is 149 g/mol. The van der Waals surface area contributed by atoms with Gasteiger partial charge in [0.05, 0.1) is 0 Å². The fourth-order valence-electron chi connectivity index (χ4n) is 0.223. The molecule has 9 heavy (non-hydrogen) atoms. The van der Waals surface area contributed by atoms with Gasteiger partial charge in [-0.25, -0.2) is 4.79 Å². The number of allylic oxidation sites excluding steroid dienone is 1. The molecule has 0 aromatic rings. The van der Waals surface area contributed by atoms with Crippen molar-refractivity contribution < 1.29 is 14.7 Å². The van der Waals surface area contributed by atoms with Gasteiger partial charge in [-0.05, 0) is 6.08 Å². The highest BCUT2D eigenvalue weighted by atomic mass is 35.5. The molecule has 0 aliphatic carbocycles. The third-order valence-corrected chi connectivity index (χ3v) is 0.747. The van der Waals surface area contributed by atoms with Crippen molar-refractivity contribution in [2.45, 2.75) is 0 Å². The van der Waals surface area contributed by atoms with Gasteiger partial charge in [0.2, 0.25) is 0 Å². The number of ketones is 1. The number of aliphatic carboxylic acids is 1. The first-order valence-corrected chi connectivity index (χ1v) is 2.71. The normalized spacial score (nSPS) is 9.89. The number of halogens is 1. The molecule has 50 valence electrons. The molecule has 0 rings (SSSR count). The minimum atomic E-state index is -1.46. The fraction of sp³-hybridized carbons (Fsp3) is 0.200. The van der Waals surface area contributed by atoms with Crippen molar-refractivity contribution in [2.24, 2.45) is 0 Å². The van der Waals surface area contributed by atoms with Crippen molar-refractivity contribution in [3.63, 3.8) is 0 Å². The number of alkyl halides is 1. The second-order valence-corrected chi connectivity index (χ2v) is 1.53. The summed E-state index contributed by atoms with van der Waals surface area (Å²) in [5.41, 5.74) is 0. The Morgan fingerprint density at radius 3 is 2.44 bits per heavy atom. The van der Waals surface area contributed by atoms with Crippen LogP contribution in [0.15, 0.2) is 12.2 Å². The van der Waals surface area contributed by atoms with Crippen molar-refractivity contribution in [2.75, 3.05) is 5.88 Å². The standard InChI is InChI=1S/C5H5ClO3/c6-3-1-2-4(7)5(8)9/h1-2H,3H2,(H,8,9)/b2-1-. The highest BCUT2D eigenvalue weighted by Crippen LogP contribution is 1.80. The zero-order chi connectivity index (χ0) is 7.28. The SMILES string of the molecule is O=C(O)C(=O)/C=C\CCl. The van der Waals surface area contributed by atoms with Crippen LogP contribution in [0.1, 0.15) is 0 Å². The Morgan fingerprint density at radius 1 is 1.56 bits per heavy atom. The number of carboxylic acids is 1. The lowest BCUT2D eigenvalue weighted by Gasteiger charge is -1.79. The average Bonchev–Trinajstić information content (AvgIpc) is 1.82. The third kappa shape index (κ3) is 3.73. The summed E-state index contributed by atoms with van der Waals surface area (Å²) in [5, 5.41) is 7.96. The van der Waals surface area contributed by atoms with Crippen molar-refractivity contribution in [3.8, 4) is 0 Å². The van der Waals surface area contributed by atoms with E-state index >= 15 is 0 Å². The number of hydrogen-bond acceptors (Lipinski definition) is 2. The van der Waals surface area contributed by atoms with Crippen molar-refractivity contribution >= 4 is 23.4 Å². The summed E-state index contributed by atoms with van der Waals surface area (Å²) in [7, 11) is 0. The predicted molar refractivity (Wildman–Crippen MR) is 32.5 cm³/mol. The van der Waals surface area contributed by atoms with Gasteiger partial charge in [-0.3, -0.25) is 4.79 Å². The first kappa shape index (κ1) is 8.17. The summed E-state index contributed by atoms with van der Waals surface area (Å²) in [6.07, 6.45) is 2.20. The van der Waals surface area contributed by atoms with Crippen LogP contribution in [0.25, 0.3) is 0 Å². The molecule has 0 atom stereocenters. The molecule has 0 bridgehead atoms. The van der Waals surface area contributed by atoms with Crippen LogP contribution in [0.5, 0.6) is 0 Å². The maximum Gasteiger partial charge on any atom is 0.376 e. The molecule has 0 radical (unpaired) electrons. The Balaban J connectivity index is 3.77. The molecule has 0 amide bonds. The van der Waals surface area contributed by atoms with Gasteiger partial charge in [0.15, 0.2) is 0 Å². The second-order valence-electron chi connectivity index (χ2n) is 1.23. The van der Waals surface area contributed by atoms with E-state index < -0.39 is 11.8 Å². The van der Waals surface area contributed by atoms with E-state index in [0.717, 1.165) is 6.08 Å². The molecule has 0 fully saturated rings. The van der Waals surface area contributed by atoms with Gasteiger partial charge in [0.25, 0.3) is 5.78 Å². The Labute approximate surface area is 56.9 Å². The van der Waals surface area contributed by atoms with E-state index in [2.05, 4.69) is 0 Å². The number of hydrogen-bond donors (Lipinski definition) is 1. The molecular formula is C5H5ClO3. The quantitative estimate of drug-likeness (QED) is 0.359. The molecule has 0 spiro atoms. The van der Waals surface area contributed by atoms with E-state index in [0.29, 0.717) is 0 Å². The highest BCUT2D eigenvalue weighted by Gasteiger charge is 2.04. The molecule has 0 aromatic heterocycles. The fourth-order valence-corrected chi connectivity index (χ4v) is 0.312. The van der Waals surface area contributed by atoms with Crippen LogP contribution in [0.3, 0.4) is 0 Å². The van der Waals surface area contributed by atoms with Gasteiger partial charge >= 0.3 is 5.97 Å². The molecule has 0 saturated carbocycles. The van der Waals surface area contributed by atoms with E-state index in [9.17, 15) is 9.59 Å². The van der Waals surface area contributed by atoms with Crippen LogP contribution in [0.4, 0.5) is 0 Å². The van der Waals surface area contributed by atoms with E-state index in [-0.39, 0.29) is 5.88 Å². The number of carbonyl (C=O) groups is 2. The molecule has 1 N–H and O–H groups in total. The summed E-state index contributed by atoms with van der Waals surface area (Å²) in [5.74, 6) is -2.26. The highest BCUT2D eigenvalue weighted by molar-refractivity contribution is 6.37. The minimum Gasteiger partial charge on any atom is -0.475 e. The summed E-state index contributed by atoms with van der Waals surface area (Å²) in [6, 6.07) is 0. The summed E-state index contributed by atoms with van der Waals surface area (Å²) < 4.78 is 0. The van der Waals surface area contributed by atoms with Crippen molar-refractivity contribution in [1.29, 1.82) is 0 Å². The van der Waals surface area contributed by atoms with E-state index in [1.165, 1.54) is 6.08 Å². The Morgan fingerprint density at radius 2 is 2.11 bits per heavy atom. The topological polar surface area (TPSA) is 54.4 Å². The lowest BCUT2D eigenvalue weighted by Crippen LogP contribution is -2.08. The molecular weight excluding hydrogens is 144 g/mol. The Kier molecular flexibility index (Phi) is 3.71. The van der Waals surface area contributed by atoms with E-state index in [4.69, 9.17) is 16.7 Å². The first-order valence-electron chi connectivity index (χ1n) is 2.18. The predicted octanol–water partition coefficient (Wildman–Crippen LogP) is 0.435. The first-order chi connectivity index (χ1) is 4.18. The molecule has 3 nitrogen and oxygen atoms in total. The third-order valence-electron chi connectivity index (χ3n) is 0.569. The summed E-state index contributed by atoms with van der Waals surface area (Å²) in [6.45, 7) is 0. The van der Waals surface area contributed by atoms with Crippen LogP contribution in [-0.4, -0.2) is 22.7 Å². The second kappa shape index (κ2) is 4.09. The minimum absolute atomic E-state index is 0.152. The Hall–Kier alpha value is -0.830. The van der Waals surface area contributed by atoms with Crippen LogP contribution in [0, 0.1) is 0 Å². The van der Waals surface area contributed by atoms with Gasteiger partial charge < -0.3 is 5.11 Å². The largest absolute Gasteiger partial charge is 0.475 e. The van der Waals surface area contributed by atoms with Crippen LogP contribution in [-0.2, 0) is 9.59 Å². The summed E-state index contributed by atoms with van der Waals surface area (Å²) in [4.78, 5) is 19.9. The molecule has 0 unspecified atom stereocenters. The van der Waals surface area contributed by atoms with E-state index in [1.807, 2.05) is 0 Å². The van der Waals surface area contributed by atoms with Gasteiger partial charge in [-0.15, -0.1) is 11.6 Å². The molecule has 0 aromatic carbocycles. The number of rotatable bonds is 3. The van der Waals surface area contributed by atoms with Gasteiger partial charge in [0, 0.05) is 5.88 Å². The summed E-state index contributed by atoms with van der Waals surface area (Å²) >= 11 is 5.12. The maximum absolute atomic E-state index is 10.2. The lowest BCUT2D eigenvalue weighted by atomic mass is 10.4. The zero-order valence-electron chi connectivity index (χ0n) is 4.50. The van der Waals surface area contributed by atoms with Gasteiger partial charge in [-0.2, -0.15) is 0 Å². The maximum atomic E-state index is 10.2. The molecule has 0 aliphatic heterocycles. The smallest absolute Gasteiger partial charge is 0.376 e. The Bertz CT molecular complexity index is 150. The molecule has 0 heterocycles. The lowest BCUT2D eigenvalue weighted by molar-refractivity contribution is -0.146. The van der Waals surface area contributed by atoms with Crippen LogP contribution >= 0.6 is 11.6 Å². The monoisotopic (exact) mass is 148 g/mol. The number of carboxylic acid groups (broad SMARTS) is 1. The van der Waals surface area contributed by atoms with E-state index in [1.54, 1.807) is 0 Å². The van der Waals surface area contributed by atoms with Crippen molar-refractivity contribution in [1.82, 2.24) is 0 Å². The molecule has 0 saturated heterocycles. The van der Waals surface area contributed by atoms with Gasteiger partial charge in [0.1, 0.15) is 0 Å². The zero-order valence-corrected chi connectivity index (χ0v) is 5.26. The molecule has 0 aliphatic rings. The van der Waals surface area contributed by atoms with Gasteiger partial charge in [-0.1, -0.05) is 6.08 Å². The molecule has 4 heteroatoms. The van der Waals surface area contributed by atoms with Crippen LogP contribution in [0.2, 0.25) is 0 Å². The van der Waals surface area contributed by atoms with Crippen molar-refractivity contribution in [3.05, 3.63) is 12.2 Å². The number of carbonyl (C=O) groups excluding carboxylic acids is 1.